The molecule has 0 saturated carbocycles. The molecule has 0 saturated heterocycles. The molecule has 0 spiro atoms. The predicted molar refractivity (Wildman–Crippen MR) is 106 cm³/mol. The molecular weight excluding hydrogens is 376 g/mol. The lowest BCUT2D eigenvalue weighted by Crippen LogP contribution is -2.16. The third kappa shape index (κ3) is 4.01. The van der Waals surface area contributed by atoms with Crippen molar-refractivity contribution in [2.75, 3.05) is 10.6 Å². The fourth-order valence-electron chi connectivity index (χ4n) is 2.87. The molecule has 0 fully saturated rings. The molecule has 2 aromatic heterocycles. The van der Waals surface area contributed by atoms with E-state index in [1.807, 2.05) is 24.3 Å². The van der Waals surface area contributed by atoms with Crippen molar-refractivity contribution in [3.63, 3.8) is 0 Å². The van der Waals surface area contributed by atoms with Gasteiger partial charge in [0.2, 0.25) is 0 Å². The highest BCUT2D eigenvalue weighted by Gasteiger charge is 2.14. The minimum absolute atomic E-state index is 0.0362. The molecule has 0 atom stereocenters. The lowest BCUT2D eigenvalue weighted by Gasteiger charge is -2.11. The maximum absolute atomic E-state index is 13.9. The highest BCUT2D eigenvalue weighted by atomic mass is 19.1. The number of amides is 1. The molecule has 0 bridgehead atoms. The minimum Gasteiger partial charge on any atom is -0.338 e. The average Bonchev–Trinajstić information content (AvgIpc) is 2.70. The van der Waals surface area contributed by atoms with Gasteiger partial charge in [-0.15, -0.1) is 0 Å². The number of fused-ring (bicyclic) bond motifs is 1. The van der Waals surface area contributed by atoms with Crippen molar-refractivity contribution < 1.29 is 13.6 Å². The van der Waals surface area contributed by atoms with E-state index in [4.69, 9.17) is 0 Å². The number of para-hydroxylation sites is 1. The molecule has 29 heavy (non-hydrogen) atoms. The summed E-state index contributed by atoms with van der Waals surface area (Å²) in [7, 11) is 0. The number of nitrogens with zero attached hydrogens (tertiary/aromatic N) is 3. The van der Waals surface area contributed by atoms with Gasteiger partial charge in [0.25, 0.3) is 5.91 Å². The van der Waals surface area contributed by atoms with Gasteiger partial charge in [-0.1, -0.05) is 18.2 Å². The Morgan fingerprint density at radius 3 is 2.62 bits per heavy atom. The van der Waals surface area contributed by atoms with Crippen LogP contribution in [0, 0.1) is 18.6 Å². The molecule has 1 amide bonds. The number of benzene rings is 2. The Hall–Kier alpha value is -3.94. The molecule has 0 aliphatic carbocycles. The fraction of sp³-hybridized carbons (Fsp3) is 0.0476. The summed E-state index contributed by atoms with van der Waals surface area (Å²) < 4.78 is 27.0. The molecule has 4 aromatic rings. The van der Waals surface area contributed by atoms with E-state index in [1.54, 1.807) is 19.2 Å². The second-order valence-electron chi connectivity index (χ2n) is 6.27. The molecule has 2 N–H and O–H groups in total. The van der Waals surface area contributed by atoms with Gasteiger partial charge in [-0.25, -0.2) is 18.7 Å². The Labute approximate surface area is 164 Å². The molecule has 2 heterocycles. The predicted octanol–water partition coefficient (Wildman–Crippen LogP) is 4.61. The van der Waals surface area contributed by atoms with Crippen LogP contribution in [0.15, 0.2) is 60.8 Å². The van der Waals surface area contributed by atoms with Crippen molar-refractivity contribution in [2.45, 2.75) is 6.92 Å². The van der Waals surface area contributed by atoms with Crippen LogP contribution in [0.25, 0.3) is 10.9 Å². The van der Waals surface area contributed by atoms with E-state index in [1.165, 1.54) is 12.1 Å². The van der Waals surface area contributed by atoms with Gasteiger partial charge in [0, 0.05) is 23.7 Å². The number of halogens is 2. The molecule has 4 rings (SSSR count). The van der Waals surface area contributed by atoms with Gasteiger partial charge in [0.1, 0.15) is 29.0 Å². The topological polar surface area (TPSA) is 79.8 Å². The van der Waals surface area contributed by atoms with Crippen molar-refractivity contribution in [1.82, 2.24) is 15.0 Å². The van der Waals surface area contributed by atoms with Crippen LogP contribution in [0.4, 0.5) is 26.0 Å². The number of aryl methyl sites for hydroxylation is 1. The fourth-order valence-corrected chi connectivity index (χ4v) is 2.87. The zero-order valence-electron chi connectivity index (χ0n) is 15.3. The number of nitrogens with one attached hydrogen (secondary N) is 2. The summed E-state index contributed by atoms with van der Waals surface area (Å²) in [5.74, 6) is -1.39. The van der Waals surface area contributed by atoms with Crippen molar-refractivity contribution in [3.05, 3.63) is 83.9 Å². The second-order valence-corrected chi connectivity index (χ2v) is 6.27. The third-order valence-electron chi connectivity index (χ3n) is 4.15. The normalized spacial score (nSPS) is 10.7. The van der Waals surface area contributed by atoms with E-state index >= 15 is 0 Å². The largest absolute Gasteiger partial charge is 0.338 e. The van der Waals surface area contributed by atoms with Crippen molar-refractivity contribution in [3.8, 4) is 0 Å². The van der Waals surface area contributed by atoms with Gasteiger partial charge in [-0.3, -0.25) is 9.78 Å². The number of rotatable bonds is 4. The van der Waals surface area contributed by atoms with Gasteiger partial charge in [0.05, 0.1) is 16.9 Å². The number of anilines is 3. The second kappa shape index (κ2) is 7.59. The third-order valence-corrected chi connectivity index (χ3v) is 4.15. The zero-order valence-corrected chi connectivity index (χ0v) is 15.3. The maximum Gasteiger partial charge on any atom is 0.274 e. The van der Waals surface area contributed by atoms with Crippen LogP contribution in [-0.4, -0.2) is 20.9 Å². The van der Waals surface area contributed by atoms with Crippen LogP contribution in [-0.2, 0) is 0 Å². The van der Waals surface area contributed by atoms with Crippen molar-refractivity contribution >= 4 is 34.0 Å². The van der Waals surface area contributed by atoms with Crippen molar-refractivity contribution in [1.29, 1.82) is 0 Å². The first kappa shape index (κ1) is 18.4. The summed E-state index contributed by atoms with van der Waals surface area (Å²) in [6.07, 6.45) is 1.64. The van der Waals surface area contributed by atoms with E-state index < -0.39 is 17.5 Å². The quantitative estimate of drug-likeness (QED) is 0.531. The Bertz CT molecular complexity index is 1220. The first-order valence-electron chi connectivity index (χ1n) is 8.72. The lowest BCUT2D eigenvalue weighted by atomic mass is 10.2. The standard InChI is InChI=1S/C21H15F2N5O/c1-12-25-18(11-19(26-12)27-16-8-7-14(22)10-15(16)23)21(29)28-17-6-2-4-13-5-3-9-24-20(13)17/h2-11H,1H3,(H,28,29)(H,25,26,27). The molecule has 0 aliphatic heterocycles. The smallest absolute Gasteiger partial charge is 0.274 e. The first-order chi connectivity index (χ1) is 14.0. The highest BCUT2D eigenvalue weighted by molar-refractivity contribution is 6.07. The van der Waals surface area contributed by atoms with Crippen LogP contribution in [0.1, 0.15) is 16.3 Å². The van der Waals surface area contributed by atoms with E-state index in [0.29, 0.717) is 17.0 Å². The number of hydrogen-bond acceptors (Lipinski definition) is 5. The monoisotopic (exact) mass is 391 g/mol. The zero-order chi connectivity index (χ0) is 20.4. The minimum atomic E-state index is -0.769. The first-order valence-corrected chi connectivity index (χ1v) is 8.72. The summed E-state index contributed by atoms with van der Waals surface area (Å²) in [6, 6.07) is 13.7. The molecule has 8 heteroatoms. The molecule has 144 valence electrons. The summed E-state index contributed by atoms with van der Waals surface area (Å²) >= 11 is 0. The van der Waals surface area contributed by atoms with Gasteiger partial charge in [-0.2, -0.15) is 0 Å². The average molecular weight is 391 g/mol. The Morgan fingerprint density at radius 1 is 0.966 bits per heavy atom. The maximum atomic E-state index is 13.9. The number of carbonyl (C=O) groups is 1. The summed E-state index contributed by atoms with van der Waals surface area (Å²) in [4.78, 5) is 25.4. The van der Waals surface area contributed by atoms with E-state index in [9.17, 15) is 13.6 Å². The van der Waals surface area contributed by atoms with Crippen LogP contribution < -0.4 is 10.6 Å². The number of aromatic nitrogens is 3. The van der Waals surface area contributed by atoms with Crippen LogP contribution >= 0.6 is 0 Å². The molecule has 0 radical (unpaired) electrons. The molecule has 0 unspecified atom stereocenters. The summed E-state index contributed by atoms with van der Waals surface area (Å²) in [5, 5.41) is 6.43. The highest BCUT2D eigenvalue weighted by Crippen LogP contribution is 2.23. The Morgan fingerprint density at radius 2 is 1.79 bits per heavy atom. The van der Waals surface area contributed by atoms with E-state index in [2.05, 4.69) is 25.6 Å². The number of carbonyl (C=O) groups excluding carboxylic acids is 1. The molecule has 0 aliphatic rings. The van der Waals surface area contributed by atoms with Crippen molar-refractivity contribution in [2.24, 2.45) is 0 Å². The van der Waals surface area contributed by atoms with Crippen LogP contribution in [0.3, 0.4) is 0 Å². The summed E-state index contributed by atoms with van der Waals surface area (Å²) in [6.45, 7) is 1.61. The van der Waals surface area contributed by atoms with E-state index in [0.717, 1.165) is 17.5 Å². The number of pyridine rings is 1. The number of hydrogen-bond donors (Lipinski definition) is 2. The lowest BCUT2D eigenvalue weighted by molar-refractivity contribution is 0.102. The van der Waals surface area contributed by atoms with Crippen LogP contribution in [0.5, 0.6) is 0 Å². The molecule has 2 aromatic carbocycles. The Balaban J connectivity index is 1.62. The van der Waals surface area contributed by atoms with Gasteiger partial charge in [0.15, 0.2) is 0 Å². The SMILES string of the molecule is Cc1nc(Nc2ccc(F)cc2F)cc(C(=O)Nc2cccc3cccnc23)n1. The molecule has 6 nitrogen and oxygen atoms in total. The Kier molecular flexibility index (Phi) is 4.82. The summed E-state index contributed by atoms with van der Waals surface area (Å²) in [5.41, 5.74) is 1.33. The molecular formula is C21H15F2N5O. The van der Waals surface area contributed by atoms with Gasteiger partial charge in [-0.05, 0) is 31.2 Å². The van der Waals surface area contributed by atoms with E-state index in [-0.39, 0.29) is 17.2 Å². The van der Waals surface area contributed by atoms with Gasteiger partial charge >= 0.3 is 0 Å². The van der Waals surface area contributed by atoms with Crippen LogP contribution in [0.2, 0.25) is 0 Å². The van der Waals surface area contributed by atoms with Gasteiger partial charge < -0.3 is 10.6 Å².